The van der Waals surface area contributed by atoms with Gasteiger partial charge in [0.15, 0.2) is 5.52 Å². The van der Waals surface area contributed by atoms with E-state index in [1.165, 1.54) is 0 Å². The van der Waals surface area contributed by atoms with Crippen molar-refractivity contribution in [3.63, 3.8) is 0 Å². The fraction of sp³-hybridized carbons (Fsp3) is 0.214. The first-order chi connectivity index (χ1) is 11.1. The lowest BCUT2D eigenvalue weighted by Crippen LogP contribution is -2.07. The summed E-state index contributed by atoms with van der Waals surface area (Å²) in [6, 6.07) is 0. The largest absolute Gasteiger partial charge is 0.396 e. The molecule has 0 aliphatic carbocycles. The minimum atomic E-state index is 0.417. The van der Waals surface area contributed by atoms with Crippen LogP contribution in [0.1, 0.15) is 11.3 Å². The van der Waals surface area contributed by atoms with Gasteiger partial charge < -0.3 is 5.73 Å². The number of aryl methyl sites for hydroxylation is 2. The Morgan fingerprint density at radius 3 is 2.70 bits per heavy atom. The van der Waals surface area contributed by atoms with E-state index in [0.29, 0.717) is 23.4 Å². The van der Waals surface area contributed by atoms with Gasteiger partial charge in [0.25, 0.3) is 0 Å². The normalized spacial score (nSPS) is 11.4. The zero-order chi connectivity index (χ0) is 16.0. The number of hydrogen-bond acceptors (Lipinski definition) is 7. The zero-order valence-corrected chi connectivity index (χ0v) is 12.6. The molecule has 2 N–H and O–H groups in total. The van der Waals surface area contributed by atoms with E-state index in [0.717, 1.165) is 22.4 Å². The first-order valence-corrected chi connectivity index (χ1v) is 7.00. The fourth-order valence-corrected chi connectivity index (χ4v) is 2.52. The second-order valence-corrected chi connectivity index (χ2v) is 5.36. The first-order valence-electron chi connectivity index (χ1n) is 7.00. The third-order valence-electron chi connectivity index (χ3n) is 3.75. The molecule has 0 aliphatic rings. The average molecular weight is 310 g/mol. The maximum Gasteiger partial charge on any atom is 0.226 e. The first kappa shape index (κ1) is 13.4. The summed E-state index contributed by atoms with van der Waals surface area (Å²) >= 11 is 0. The molecule has 9 nitrogen and oxygen atoms in total. The van der Waals surface area contributed by atoms with Crippen LogP contribution in [0.5, 0.6) is 0 Å². The van der Waals surface area contributed by atoms with Gasteiger partial charge in [-0.3, -0.25) is 9.36 Å². The molecule has 0 bridgehead atoms. The summed E-state index contributed by atoms with van der Waals surface area (Å²) in [5.74, 6) is 0. The van der Waals surface area contributed by atoms with Crippen molar-refractivity contribution < 1.29 is 4.63 Å². The van der Waals surface area contributed by atoms with Crippen molar-refractivity contribution in [2.24, 2.45) is 7.05 Å². The monoisotopic (exact) mass is 310 g/mol. The third-order valence-corrected chi connectivity index (χ3v) is 3.75. The maximum atomic E-state index is 6.18. The summed E-state index contributed by atoms with van der Waals surface area (Å²) in [6.07, 6.45) is 7.48. The van der Waals surface area contributed by atoms with Gasteiger partial charge in [-0.2, -0.15) is 10.2 Å². The van der Waals surface area contributed by atoms with E-state index in [2.05, 4.69) is 25.5 Å². The molecule has 4 aromatic heterocycles. The molecule has 4 rings (SSSR count). The van der Waals surface area contributed by atoms with Crippen LogP contribution >= 0.6 is 0 Å². The predicted molar refractivity (Wildman–Crippen MR) is 82.3 cm³/mol. The molecule has 0 aromatic carbocycles. The number of nitrogens with zero attached hydrogens (tertiary/aromatic N) is 7. The summed E-state index contributed by atoms with van der Waals surface area (Å²) < 4.78 is 8.26. The molecular formula is C14H14N8O. The molecular weight excluding hydrogens is 296 g/mol. The Kier molecular flexibility index (Phi) is 2.86. The summed E-state index contributed by atoms with van der Waals surface area (Å²) in [7, 11) is 1.88. The van der Waals surface area contributed by atoms with E-state index >= 15 is 0 Å². The van der Waals surface area contributed by atoms with Crippen LogP contribution in [0.25, 0.3) is 22.3 Å². The molecule has 0 aliphatic heterocycles. The molecule has 0 fully saturated rings. The quantitative estimate of drug-likeness (QED) is 0.603. The Hall–Kier alpha value is -3.23. The number of nitrogens with two attached hydrogens (primary N) is 1. The molecule has 4 aromatic rings. The molecule has 0 spiro atoms. The molecule has 116 valence electrons. The van der Waals surface area contributed by atoms with E-state index in [-0.39, 0.29) is 0 Å². The van der Waals surface area contributed by atoms with Crippen molar-refractivity contribution in [3.8, 4) is 11.1 Å². The highest BCUT2D eigenvalue weighted by molar-refractivity contribution is 5.85. The predicted octanol–water partition coefficient (Wildman–Crippen LogP) is 1.15. The van der Waals surface area contributed by atoms with Crippen LogP contribution in [0.2, 0.25) is 0 Å². The SMILES string of the molecule is Cc1nc2nonc2c(N)c1Cn1cc(-c2cnn(C)c2)cn1. The van der Waals surface area contributed by atoms with Crippen LogP contribution in [-0.4, -0.2) is 34.9 Å². The van der Waals surface area contributed by atoms with Gasteiger partial charge >= 0.3 is 0 Å². The van der Waals surface area contributed by atoms with Gasteiger partial charge in [0.05, 0.1) is 24.6 Å². The summed E-state index contributed by atoms with van der Waals surface area (Å²) in [6.45, 7) is 2.37. The van der Waals surface area contributed by atoms with Crippen molar-refractivity contribution in [1.82, 2.24) is 34.9 Å². The van der Waals surface area contributed by atoms with Crippen molar-refractivity contribution >= 4 is 16.9 Å². The summed E-state index contributed by atoms with van der Waals surface area (Å²) in [5.41, 5.74) is 11.2. The zero-order valence-electron chi connectivity index (χ0n) is 12.6. The number of anilines is 1. The smallest absolute Gasteiger partial charge is 0.226 e. The van der Waals surface area contributed by atoms with Gasteiger partial charge in [-0.05, 0) is 17.2 Å². The Balaban J connectivity index is 1.70. The van der Waals surface area contributed by atoms with Crippen LogP contribution < -0.4 is 5.73 Å². The second kappa shape index (κ2) is 4.90. The Labute approximate surface area is 130 Å². The lowest BCUT2D eigenvalue weighted by atomic mass is 10.1. The van der Waals surface area contributed by atoms with Crippen molar-refractivity contribution in [1.29, 1.82) is 0 Å². The number of nitrogen functional groups attached to an aromatic ring is 1. The highest BCUT2D eigenvalue weighted by Gasteiger charge is 2.15. The molecule has 0 radical (unpaired) electrons. The van der Waals surface area contributed by atoms with Gasteiger partial charge in [0.2, 0.25) is 5.65 Å². The maximum absolute atomic E-state index is 6.18. The molecule has 23 heavy (non-hydrogen) atoms. The molecule has 0 saturated heterocycles. The van der Waals surface area contributed by atoms with E-state index in [1.807, 2.05) is 31.0 Å². The van der Waals surface area contributed by atoms with Gasteiger partial charge in [-0.25, -0.2) is 9.61 Å². The molecule has 4 heterocycles. The van der Waals surface area contributed by atoms with E-state index in [1.54, 1.807) is 17.1 Å². The fourth-order valence-electron chi connectivity index (χ4n) is 2.52. The Bertz CT molecular complexity index is 995. The lowest BCUT2D eigenvalue weighted by Gasteiger charge is -2.08. The minimum Gasteiger partial charge on any atom is -0.396 e. The van der Waals surface area contributed by atoms with E-state index in [9.17, 15) is 0 Å². The second-order valence-electron chi connectivity index (χ2n) is 5.36. The van der Waals surface area contributed by atoms with Crippen LogP contribution in [0.3, 0.4) is 0 Å². The topological polar surface area (TPSA) is 113 Å². The molecule has 9 heteroatoms. The summed E-state index contributed by atoms with van der Waals surface area (Å²) in [4.78, 5) is 4.36. The summed E-state index contributed by atoms with van der Waals surface area (Å²) in [5, 5.41) is 16.1. The van der Waals surface area contributed by atoms with Crippen LogP contribution in [-0.2, 0) is 13.6 Å². The van der Waals surface area contributed by atoms with Crippen molar-refractivity contribution in [2.75, 3.05) is 5.73 Å². The van der Waals surface area contributed by atoms with Gasteiger partial charge in [0.1, 0.15) is 0 Å². The molecule has 0 atom stereocenters. The Morgan fingerprint density at radius 2 is 1.91 bits per heavy atom. The molecule has 0 saturated carbocycles. The molecule has 0 unspecified atom stereocenters. The number of aromatic nitrogens is 7. The van der Waals surface area contributed by atoms with Crippen molar-refractivity contribution in [3.05, 3.63) is 36.0 Å². The van der Waals surface area contributed by atoms with Gasteiger partial charge in [-0.15, -0.1) is 0 Å². The van der Waals surface area contributed by atoms with Crippen molar-refractivity contribution in [2.45, 2.75) is 13.5 Å². The standard InChI is InChI=1S/C14H14N8O/c1-8-11(12(15)13-14(18-8)20-23-19-13)7-22-6-10(4-17-22)9-3-16-21(2)5-9/h3-6H,7,15H2,1-2H3. The van der Waals surface area contributed by atoms with Crippen LogP contribution in [0.15, 0.2) is 29.4 Å². The van der Waals surface area contributed by atoms with E-state index < -0.39 is 0 Å². The lowest BCUT2D eigenvalue weighted by molar-refractivity contribution is 0.315. The highest BCUT2D eigenvalue weighted by Crippen LogP contribution is 2.24. The number of pyridine rings is 1. The number of rotatable bonds is 3. The van der Waals surface area contributed by atoms with Crippen LogP contribution in [0, 0.1) is 6.92 Å². The van der Waals surface area contributed by atoms with E-state index in [4.69, 9.17) is 10.4 Å². The Morgan fingerprint density at radius 1 is 1.13 bits per heavy atom. The van der Waals surface area contributed by atoms with Gasteiger partial charge in [-0.1, -0.05) is 0 Å². The molecule has 0 amide bonds. The average Bonchev–Trinajstić information content (AvgIpc) is 3.23. The van der Waals surface area contributed by atoms with Crippen LogP contribution in [0.4, 0.5) is 5.69 Å². The third kappa shape index (κ3) is 2.22. The van der Waals surface area contributed by atoms with Gasteiger partial charge in [0, 0.05) is 41.8 Å². The highest BCUT2D eigenvalue weighted by atomic mass is 16.6. The number of fused-ring (bicyclic) bond motifs is 1. The minimum absolute atomic E-state index is 0.417. The number of hydrogen-bond donors (Lipinski definition) is 1.